The first-order valence-corrected chi connectivity index (χ1v) is 13.4. The average Bonchev–Trinajstić information content (AvgIpc) is 2.83. The molecule has 1 N–H and O–H groups in total. The highest BCUT2D eigenvalue weighted by Crippen LogP contribution is 2.25. The van der Waals surface area contributed by atoms with E-state index in [9.17, 15) is 9.59 Å². The van der Waals surface area contributed by atoms with E-state index in [-0.39, 0.29) is 23.6 Å². The third-order valence-electron chi connectivity index (χ3n) is 5.40. The summed E-state index contributed by atoms with van der Waals surface area (Å²) < 4.78 is 0. The summed E-state index contributed by atoms with van der Waals surface area (Å²) in [6.07, 6.45) is 0.436. The van der Waals surface area contributed by atoms with Gasteiger partial charge in [-0.15, -0.1) is 11.8 Å². The molecule has 0 saturated carbocycles. The number of nitrogens with zero attached hydrogens (tertiary/aromatic N) is 1. The summed E-state index contributed by atoms with van der Waals surface area (Å²) in [4.78, 5) is 28.6. The van der Waals surface area contributed by atoms with Crippen molar-refractivity contribution in [3.05, 3.63) is 106 Å². The minimum absolute atomic E-state index is 0.0316. The van der Waals surface area contributed by atoms with E-state index in [1.165, 1.54) is 11.8 Å². The molecule has 2 amide bonds. The molecule has 0 radical (unpaired) electrons. The lowest BCUT2D eigenvalue weighted by atomic mass is 10.0. The standard InChI is InChI=1S/C28H30Cl2N2O2S/c1-20(2)31-28(34)26(15-21-9-5-3-6-10-21)32(17-22-11-7-4-8-12-22)27(33)19-35-18-23-13-14-24(29)16-25(23)30/h3-14,16,20,26H,15,17-19H2,1-2H3,(H,31,34). The second-order valence-electron chi connectivity index (χ2n) is 8.60. The molecule has 0 aromatic heterocycles. The summed E-state index contributed by atoms with van der Waals surface area (Å²) in [5.41, 5.74) is 2.90. The molecule has 35 heavy (non-hydrogen) atoms. The molecule has 0 aliphatic heterocycles. The Balaban J connectivity index is 1.82. The molecule has 3 aromatic carbocycles. The van der Waals surface area contributed by atoms with Crippen molar-refractivity contribution in [3.8, 4) is 0 Å². The molecule has 0 heterocycles. The van der Waals surface area contributed by atoms with E-state index in [0.717, 1.165) is 16.7 Å². The molecule has 1 unspecified atom stereocenters. The van der Waals surface area contributed by atoms with Crippen LogP contribution < -0.4 is 5.32 Å². The molecule has 0 saturated heterocycles. The van der Waals surface area contributed by atoms with Gasteiger partial charge in [0.15, 0.2) is 0 Å². The Labute approximate surface area is 222 Å². The van der Waals surface area contributed by atoms with Gasteiger partial charge in [0.05, 0.1) is 5.75 Å². The smallest absolute Gasteiger partial charge is 0.243 e. The second kappa shape index (κ2) is 13.6. The highest BCUT2D eigenvalue weighted by atomic mass is 35.5. The number of hydrogen-bond acceptors (Lipinski definition) is 3. The molecular formula is C28H30Cl2N2O2S. The van der Waals surface area contributed by atoms with Crippen molar-refractivity contribution in [3.63, 3.8) is 0 Å². The van der Waals surface area contributed by atoms with E-state index in [2.05, 4.69) is 5.32 Å². The van der Waals surface area contributed by atoms with Crippen LogP contribution in [0.25, 0.3) is 0 Å². The molecule has 0 fully saturated rings. The molecule has 3 rings (SSSR count). The van der Waals surface area contributed by atoms with Crippen LogP contribution in [0, 0.1) is 0 Å². The van der Waals surface area contributed by atoms with Crippen LogP contribution >= 0.6 is 35.0 Å². The predicted molar refractivity (Wildman–Crippen MR) is 147 cm³/mol. The van der Waals surface area contributed by atoms with Crippen molar-refractivity contribution in [1.29, 1.82) is 0 Å². The fraction of sp³-hybridized carbons (Fsp3) is 0.286. The lowest BCUT2D eigenvalue weighted by Gasteiger charge is -2.32. The van der Waals surface area contributed by atoms with Crippen LogP contribution in [0.5, 0.6) is 0 Å². The van der Waals surface area contributed by atoms with Crippen molar-refractivity contribution in [1.82, 2.24) is 10.2 Å². The Bertz CT molecular complexity index is 1110. The normalized spacial score (nSPS) is 11.8. The summed E-state index contributed by atoms with van der Waals surface area (Å²) in [6, 6.07) is 24.3. The van der Waals surface area contributed by atoms with Gasteiger partial charge in [0.2, 0.25) is 11.8 Å². The SMILES string of the molecule is CC(C)NC(=O)C(Cc1ccccc1)N(Cc1ccccc1)C(=O)CSCc1ccc(Cl)cc1Cl. The van der Waals surface area contributed by atoms with Crippen molar-refractivity contribution < 1.29 is 9.59 Å². The Hall–Kier alpha value is -2.47. The molecule has 4 nitrogen and oxygen atoms in total. The van der Waals surface area contributed by atoms with Gasteiger partial charge in [-0.1, -0.05) is 89.9 Å². The first-order valence-electron chi connectivity index (χ1n) is 11.5. The minimum atomic E-state index is -0.632. The number of carbonyl (C=O) groups is 2. The zero-order valence-corrected chi connectivity index (χ0v) is 22.2. The first kappa shape index (κ1) is 27.1. The zero-order chi connectivity index (χ0) is 25.2. The third-order valence-corrected chi connectivity index (χ3v) is 6.95. The van der Waals surface area contributed by atoms with Gasteiger partial charge in [0.25, 0.3) is 0 Å². The van der Waals surface area contributed by atoms with Crippen molar-refractivity contribution in [2.45, 2.75) is 44.6 Å². The number of rotatable bonds is 11. The third kappa shape index (κ3) is 8.60. The molecule has 0 spiro atoms. The largest absolute Gasteiger partial charge is 0.352 e. The highest BCUT2D eigenvalue weighted by molar-refractivity contribution is 7.99. The molecule has 0 aliphatic rings. The lowest BCUT2D eigenvalue weighted by Crippen LogP contribution is -2.52. The van der Waals surface area contributed by atoms with Gasteiger partial charge in [0.1, 0.15) is 6.04 Å². The van der Waals surface area contributed by atoms with Crippen LogP contribution in [0.15, 0.2) is 78.9 Å². The van der Waals surface area contributed by atoms with E-state index < -0.39 is 6.04 Å². The maximum absolute atomic E-state index is 13.6. The minimum Gasteiger partial charge on any atom is -0.352 e. The number of thioether (sulfide) groups is 1. The van der Waals surface area contributed by atoms with Gasteiger partial charge in [-0.2, -0.15) is 0 Å². The van der Waals surface area contributed by atoms with Crippen molar-refractivity contribution >= 4 is 46.8 Å². The van der Waals surface area contributed by atoms with Gasteiger partial charge in [0, 0.05) is 34.8 Å². The number of halogens is 2. The number of amides is 2. The van der Waals surface area contributed by atoms with Crippen LogP contribution in [-0.4, -0.2) is 34.6 Å². The predicted octanol–water partition coefficient (Wildman–Crippen LogP) is 6.39. The number of hydrogen-bond donors (Lipinski definition) is 1. The molecule has 1 atom stereocenters. The topological polar surface area (TPSA) is 49.4 Å². The summed E-state index contributed by atoms with van der Waals surface area (Å²) in [6.45, 7) is 4.20. The lowest BCUT2D eigenvalue weighted by molar-refractivity contribution is -0.139. The summed E-state index contributed by atoms with van der Waals surface area (Å²) in [5.74, 6) is 0.553. The fourth-order valence-electron chi connectivity index (χ4n) is 3.68. The van der Waals surface area contributed by atoms with Crippen LogP contribution in [0.3, 0.4) is 0 Å². The second-order valence-corrected chi connectivity index (χ2v) is 10.4. The van der Waals surface area contributed by atoms with Crippen LogP contribution in [0.2, 0.25) is 10.0 Å². The number of carbonyl (C=O) groups excluding carboxylic acids is 2. The monoisotopic (exact) mass is 528 g/mol. The van der Waals surface area contributed by atoms with Gasteiger partial charge in [-0.05, 0) is 42.7 Å². The van der Waals surface area contributed by atoms with Crippen molar-refractivity contribution in [2.75, 3.05) is 5.75 Å². The Morgan fingerprint density at radius 1 is 0.914 bits per heavy atom. The Morgan fingerprint density at radius 2 is 1.54 bits per heavy atom. The maximum atomic E-state index is 13.6. The molecule has 3 aromatic rings. The Morgan fingerprint density at radius 3 is 2.14 bits per heavy atom. The van der Waals surface area contributed by atoms with Crippen LogP contribution in [0.1, 0.15) is 30.5 Å². The average molecular weight is 530 g/mol. The molecule has 0 aliphatic carbocycles. The van der Waals surface area contributed by atoms with E-state index in [4.69, 9.17) is 23.2 Å². The van der Waals surface area contributed by atoms with Crippen LogP contribution in [0.4, 0.5) is 0 Å². The highest BCUT2D eigenvalue weighted by Gasteiger charge is 2.30. The van der Waals surface area contributed by atoms with Gasteiger partial charge >= 0.3 is 0 Å². The van der Waals surface area contributed by atoms with Crippen LogP contribution in [-0.2, 0) is 28.3 Å². The van der Waals surface area contributed by atoms with Gasteiger partial charge in [-0.25, -0.2) is 0 Å². The van der Waals surface area contributed by atoms with E-state index in [1.54, 1.807) is 17.0 Å². The summed E-state index contributed by atoms with van der Waals surface area (Å²) in [7, 11) is 0. The van der Waals surface area contributed by atoms with E-state index in [0.29, 0.717) is 28.8 Å². The first-order chi connectivity index (χ1) is 16.8. The Kier molecular flexibility index (Phi) is 10.5. The molecular weight excluding hydrogens is 499 g/mol. The summed E-state index contributed by atoms with van der Waals surface area (Å²) in [5, 5.41) is 4.17. The zero-order valence-electron chi connectivity index (χ0n) is 19.9. The molecule has 7 heteroatoms. The molecule has 184 valence electrons. The number of nitrogens with one attached hydrogen (secondary N) is 1. The van der Waals surface area contributed by atoms with Gasteiger partial charge < -0.3 is 10.2 Å². The van der Waals surface area contributed by atoms with E-state index >= 15 is 0 Å². The number of benzene rings is 3. The quantitative estimate of drug-likeness (QED) is 0.313. The molecule has 0 bridgehead atoms. The fourth-order valence-corrected chi connectivity index (χ4v) is 5.15. The summed E-state index contributed by atoms with van der Waals surface area (Å²) >= 11 is 13.8. The maximum Gasteiger partial charge on any atom is 0.243 e. The van der Waals surface area contributed by atoms with Crippen molar-refractivity contribution in [2.24, 2.45) is 0 Å². The van der Waals surface area contributed by atoms with Gasteiger partial charge in [-0.3, -0.25) is 9.59 Å². The van der Waals surface area contributed by atoms with E-state index in [1.807, 2.05) is 80.6 Å².